The molecule has 0 spiro atoms. The van der Waals surface area contributed by atoms with Crippen LogP contribution in [0.3, 0.4) is 0 Å². The molecule has 1 heterocycles. The molecule has 1 aromatic heterocycles. The molecule has 0 aliphatic carbocycles. The molecule has 0 amide bonds. The molecular weight excluding hydrogens is 356 g/mol. The summed E-state index contributed by atoms with van der Waals surface area (Å²) >= 11 is 0. The van der Waals surface area contributed by atoms with Crippen LogP contribution in [0.25, 0.3) is 32.7 Å². The van der Waals surface area contributed by atoms with Gasteiger partial charge in [-0.2, -0.15) is 0 Å². The number of aromatic nitrogens is 1. The van der Waals surface area contributed by atoms with E-state index in [2.05, 4.69) is 46.7 Å². The lowest BCUT2D eigenvalue weighted by molar-refractivity contribution is 0.478. The monoisotopic (exact) mass is 376 g/mol. The molecule has 0 aliphatic rings. The average Bonchev–Trinajstić information content (AvgIpc) is 2.78. The van der Waals surface area contributed by atoms with Crippen LogP contribution >= 0.6 is 0 Å². The van der Waals surface area contributed by atoms with E-state index in [1.807, 2.05) is 48.5 Å². The van der Waals surface area contributed by atoms with Crippen molar-refractivity contribution < 1.29 is 5.11 Å². The molecule has 2 N–H and O–H groups in total. The van der Waals surface area contributed by atoms with E-state index >= 15 is 0 Å². The number of pyridine rings is 1. The fourth-order valence-corrected chi connectivity index (χ4v) is 3.90. The van der Waals surface area contributed by atoms with Crippen molar-refractivity contribution in [2.45, 2.75) is 6.54 Å². The van der Waals surface area contributed by atoms with Crippen LogP contribution < -0.4 is 5.32 Å². The highest BCUT2D eigenvalue weighted by Crippen LogP contribution is 2.44. The number of aromatic hydroxyl groups is 1. The van der Waals surface area contributed by atoms with E-state index in [0.717, 1.165) is 44.1 Å². The second-order valence-electron chi connectivity index (χ2n) is 7.06. The Morgan fingerprint density at radius 2 is 1.31 bits per heavy atom. The molecule has 0 fully saturated rings. The predicted octanol–water partition coefficient (Wildman–Crippen LogP) is 6.37. The van der Waals surface area contributed by atoms with E-state index in [9.17, 15) is 5.11 Å². The van der Waals surface area contributed by atoms with Crippen molar-refractivity contribution in [3.63, 3.8) is 0 Å². The van der Waals surface area contributed by atoms with E-state index < -0.39 is 0 Å². The van der Waals surface area contributed by atoms with Crippen molar-refractivity contribution in [2.75, 3.05) is 5.32 Å². The summed E-state index contributed by atoms with van der Waals surface area (Å²) in [6.45, 7) is 0.609. The number of nitrogens with zero attached hydrogens (tertiary/aromatic N) is 1. The summed E-state index contributed by atoms with van der Waals surface area (Å²) in [5.41, 5.74) is 3.80. The van der Waals surface area contributed by atoms with Gasteiger partial charge >= 0.3 is 0 Å². The minimum atomic E-state index is 0.279. The zero-order chi connectivity index (χ0) is 19.6. The average molecular weight is 376 g/mol. The van der Waals surface area contributed by atoms with Crippen LogP contribution in [0.15, 0.2) is 97.2 Å². The number of fused-ring (bicyclic) bond motifs is 2. The lowest BCUT2D eigenvalue weighted by Gasteiger charge is -2.18. The number of hydrogen-bond acceptors (Lipinski definition) is 3. The Labute approximate surface area is 169 Å². The Bertz CT molecular complexity index is 1310. The fourth-order valence-electron chi connectivity index (χ4n) is 3.90. The number of phenols is 1. The minimum absolute atomic E-state index is 0.279. The summed E-state index contributed by atoms with van der Waals surface area (Å²) in [5.74, 6) is 0.279. The van der Waals surface area contributed by atoms with Gasteiger partial charge in [0.15, 0.2) is 0 Å². The Morgan fingerprint density at radius 1 is 0.655 bits per heavy atom. The van der Waals surface area contributed by atoms with Crippen molar-refractivity contribution in [3.05, 3.63) is 103 Å². The first-order valence-electron chi connectivity index (χ1n) is 9.68. The first-order valence-corrected chi connectivity index (χ1v) is 9.68. The summed E-state index contributed by atoms with van der Waals surface area (Å²) < 4.78 is 0. The molecule has 0 radical (unpaired) electrons. The molecular formula is C26H20N2O. The van der Waals surface area contributed by atoms with Crippen molar-refractivity contribution in [3.8, 4) is 16.9 Å². The highest BCUT2D eigenvalue weighted by atomic mass is 16.3. The maximum absolute atomic E-state index is 10.9. The normalized spacial score (nSPS) is 11.0. The van der Waals surface area contributed by atoms with Crippen molar-refractivity contribution in [2.24, 2.45) is 0 Å². The molecule has 4 aromatic carbocycles. The van der Waals surface area contributed by atoms with Gasteiger partial charge in [-0.25, -0.2) is 0 Å². The number of anilines is 1. The van der Waals surface area contributed by atoms with E-state index in [4.69, 9.17) is 0 Å². The number of hydrogen-bond donors (Lipinski definition) is 2. The SMILES string of the molecule is Oc1ccc2ccccc2c1-c1c(NCc2ccccn2)ccc2ccccc12. The molecule has 29 heavy (non-hydrogen) atoms. The first kappa shape index (κ1) is 17.3. The molecule has 0 bridgehead atoms. The molecule has 0 atom stereocenters. The minimum Gasteiger partial charge on any atom is -0.507 e. The summed E-state index contributed by atoms with van der Waals surface area (Å²) in [7, 11) is 0. The number of benzene rings is 4. The summed E-state index contributed by atoms with van der Waals surface area (Å²) in [6.07, 6.45) is 1.80. The fraction of sp³-hybridized carbons (Fsp3) is 0.0385. The van der Waals surface area contributed by atoms with Crippen LogP contribution in [-0.2, 0) is 6.54 Å². The van der Waals surface area contributed by atoms with E-state index in [1.54, 1.807) is 12.3 Å². The Morgan fingerprint density at radius 3 is 2.03 bits per heavy atom. The van der Waals surface area contributed by atoms with Crippen molar-refractivity contribution >= 4 is 27.2 Å². The zero-order valence-corrected chi connectivity index (χ0v) is 15.8. The maximum atomic E-state index is 10.9. The molecule has 0 saturated carbocycles. The molecule has 0 unspecified atom stereocenters. The lowest BCUT2D eigenvalue weighted by atomic mass is 9.91. The number of rotatable bonds is 4. The van der Waals surface area contributed by atoms with Crippen LogP contribution in [0.1, 0.15) is 5.69 Å². The Hall–Kier alpha value is -3.85. The van der Waals surface area contributed by atoms with Gasteiger partial charge in [0.1, 0.15) is 5.75 Å². The molecule has 5 rings (SSSR count). The van der Waals surface area contributed by atoms with Gasteiger partial charge in [-0.05, 0) is 45.8 Å². The quantitative estimate of drug-likeness (QED) is 0.383. The highest BCUT2D eigenvalue weighted by Gasteiger charge is 2.16. The maximum Gasteiger partial charge on any atom is 0.124 e. The third-order valence-electron chi connectivity index (χ3n) is 5.27. The number of nitrogens with one attached hydrogen (secondary N) is 1. The molecule has 140 valence electrons. The second-order valence-corrected chi connectivity index (χ2v) is 7.06. The van der Waals surface area contributed by atoms with Gasteiger partial charge in [-0.1, -0.05) is 66.7 Å². The van der Waals surface area contributed by atoms with Gasteiger partial charge in [0, 0.05) is 23.0 Å². The summed E-state index contributed by atoms with van der Waals surface area (Å²) in [5, 5.41) is 18.8. The van der Waals surface area contributed by atoms with Crippen LogP contribution in [0.5, 0.6) is 5.75 Å². The van der Waals surface area contributed by atoms with Crippen LogP contribution in [0.2, 0.25) is 0 Å². The predicted molar refractivity (Wildman–Crippen MR) is 120 cm³/mol. The van der Waals surface area contributed by atoms with E-state index in [0.29, 0.717) is 6.54 Å². The zero-order valence-electron chi connectivity index (χ0n) is 15.8. The molecule has 3 nitrogen and oxygen atoms in total. The lowest BCUT2D eigenvalue weighted by Crippen LogP contribution is -2.03. The summed E-state index contributed by atoms with van der Waals surface area (Å²) in [6, 6.07) is 30.3. The van der Waals surface area contributed by atoms with Crippen LogP contribution in [0.4, 0.5) is 5.69 Å². The number of phenolic OH excluding ortho intramolecular Hbond substituents is 1. The van der Waals surface area contributed by atoms with Crippen molar-refractivity contribution in [1.29, 1.82) is 0 Å². The molecule has 5 aromatic rings. The van der Waals surface area contributed by atoms with Gasteiger partial charge in [-0.3, -0.25) is 4.98 Å². The molecule has 3 heteroatoms. The van der Waals surface area contributed by atoms with Crippen LogP contribution in [0, 0.1) is 0 Å². The van der Waals surface area contributed by atoms with Crippen molar-refractivity contribution in [1.82, 2.24) is 4.98 Å². The topological polar surface area (TPSA) is 45.1 Å². The first-order chi connectivity index (χ1) is 14.3. The standard InChI is InChI=1S/C26H20N2O/c29-24-15-13-19-8-2-4-11-22(19)26(24)25-21-10-3-1-7-18(21)12-14-23(25)28-17-20-9-5-6-16-27-20/h1-16,28-29H,17H2. The van der Waals surface area contributed by atoms with Gasteiger partial charge < -0.3 is 10.4 Å². The van der Waals surface area contributed by atoms with Gasteiger partial charge in [0.2, 0.25) is 0 Å². The largest absolute Gasteiger partial charge is 0.507 e. The van der Waals surface area contributed by atoms with Gasteiger partial charge in [0.25, 0.3) is 0 Å². The smallest absolute Gasteiger partial charge is 0.124 e. The van der Waals surface area contributed by atoms with Gasteiger partial charge in [0.05, 0.1) is 12.2 Å². The third-order valence-corrected chi connectivity index (χ3v) is 5.27. The Balaban J connectivity index is 1.75. The van der Waals surface area contributed by atoms with E-state index in [1.165, 1.54) is 0 Å². The second kappa shape index (κ2) is 7.28. The highest BCUT2D eigenvalue weighted by molar-refractivity contribution is 6.11. The summed E-state index contributed by atoms with van der Waals surface area (Å²) in [4.78, 5) is 4.41. The van der Waals surface area contributed by atoms with E-state index in [-0.39, 0.29) is 5.75 Å². The van der Waals surface area contributed by atoms with Gasteiger partial charge in [-0.15, -0.1) is 0 Å². The third kappa shape index (κ3) is 3.17. The molecule has 0 aliphatic heterocycles. The van der Waals surface area contributed by atoms with Crippen LogP contribution in [-0.4, -0.2) is 10.1 Å². The Kier molecular flexibility index (Phi) is 4.34. The molecule has 0 saturated heterocycles.